The topological polar surface area (TPSA) is 62.7 Å². The molecule has 0 unspecified atom stereocenters. The number of hydrogen-bond donors (Lipinski definition) is 2. The standard InChI is InChI=1S/C15H12F6N4OS/c16-14(17,18)8-3-7(4-9(5-8)15(19,20)21)12(26)22-6-11-23-24-13(27)25(11)10-1-2-10/h3-5,10H,1-2,6H2,(H,22,26)(H,24,27). The van der Waals surface area contributed by atoms with Crippen LogP contribution < -0.4 is 5.32 Å². The fourth-order valence-electron chi connectivity index (χ4n) is 2.52. The van der Waals surface area contributed by atoms with E-state index in [1.807, 2.05) is 0 Å². The molecule has 1 saturated carbocycles. The van der Waals surface area contributed by atoms with Gasteiger partial charge in [-0.1, -0.05) is 0 Å². The zero-order valence-electron chi connectivity index (χ0n) is 13.4. The highest BCUT2D eigenvalue weighted by atomic mass is 32.1. The van der Waals surface area contributed by atoms with Crippen LogP contribution in [0.2, 0.25) is 0 Å². The molecule has 1 aliphatic carbocycles. The molecule has 0 radical (unpaired) electrons. The second-order valence-electron chi connectivity index (χ2n) is 6.02. The molecule has 0 bridgehead atoms. The number of aromatic nitrogens is 3. The molecule has 12 heteroatoms. The van der Waals surface area contributed by atoms with Gasteiger partial charge in [-0.3, -0.25) is 14.5 Å². The van der Waals surface area contributed by atoms with E-state index in [9.17, 15) is 31.1 Å². The highest BCUT2D eigenvalue weighted by Crippen LogP contribution is 2.37. The summed E-state index contributed by atoms with van der Waals surface area (Å²) in [6.07, 6.45) is -8.30. The van der Waals surface area contributed by atoms with Gasteiger partial charge in [0.1, 0.15) is 0 Å². The van der Waals surface area contributed by atoms with Crippen LogP contribution in [0, 0.1) is 4.77 Å². The number of nitrogens with zero attached hydrogens (tertiary/aromatic N) is 2. The maximum Gasteiger partial charge on any atom is 0.416 e. The van der Waals surface area contributed by atoms with E-state index in [1.54, 1.807) is 4.57 Å². The van der Waals surface area contributed by atoms with Gasteiger partial charge in [0.15, 0.2) is 10.6 Å². The van der Waals surface area contributed by atoms with E-state index < -0.39 is 35.0 Å². The number of halogens is 6. The molecule has 0 spiro atoms. The smallest absolute Gasteiger partial charge is 0.345 e. The number of H-pyrrole nitrogens is 1. The van der Waals surface area contributed by atoms with Gasteiger partial charge in [0.05, 0.1) is 17.7 Å². The van der Waals surface area contributed by atoms with Crippen LogP contribution in [0.1, 0.15) is 46.2 Å². The highest BCUT2D eigenvalue weighted by molar-refractivity contribution is 7.71. The predicted octanol–water partition coefficient (Wildman–Crippen LogP) is 4.24. The van der Waals surface area contributed by atoms with Gasteiger partial charge in [-0.25, -0.2) is 0 Å². The summed E-state index contributed by atoms with van der Waals surface area (Å²) in [6, 6.07) is 0.855. The van der Waals surface area contributed by atoms with Crippen molar-refractivity contribution in [1.82, 2.24) is 20.1 Å². The molecule has 3 rings (SSSR count). The van der Waals surface area contributed by atoms with Crippen molar-refractivity contribution in [2.75, 3.05) is 0 Å². The molecular formula is C15H12F6N4OS. The van der Waals surface area contributed by atoms with E-state index in [0.29, 0.717) is 22.7 Å². The van der Waals surface area contributed by atoms with Crippen molar-refractivity contribution in [2.45, 2.75) is 37.8 Å². The lowest BCUT2D eigenvalue weighted by molar-refractivity contribution is -0.143. The van der Waals surface area contributed by atoms with Crippen molar-refractivity contribution >= 4 is 18.1 Å². The van der Waals surface area contributed by atoms with E-state index in [1.165, 1.54) is 0 Å². The normalized spacial score (nSPS) is 15.0. The van der Waals surface area contributed by atoms with Crippen LogP contribution in [-0.4, -0.2) is 20.7 Å². The summed E-state index contributed by atoms with van der Waals surface area (Å²) in [7, 11) is 0. The number of alkyl halides is 6. The van der Waals surface area contributed by atoms with Gasteiger partial charge < -0.3 is 5.32 Å². The van der Waals surface area contributed by atoms with Crippen LogP contribution in [0.15, 0.2) is 18.2 Å². The van der Waals surface area contributed by atoms with Crippen LogP contribution >= 0.6 is 12.2 Å². The Morgan fingerprint density at radius 1 is 1.15 bits per heavy atom. The number of hydrogen-bond acceptors (Lipinski definition) is 3. The van der Waals surface area contributed by atoms with Crippen LogP contribution in [0.3, 0.4) is 0 Å². The monoisotopic (exact) mass is 410 g/mol. The predicted molar refractivity (Wildman–Crippen MR) is 83.3 cm³/mol. The largest absolute Gasteiger partial charge is 0.416 e. The molecule has 1 heterocycles. The van der Waals surface area contributed by atoms with Crippen molar-refractivity contribution in [3.63, 3.8) is 0 Å². The molecule has 1 aliphatic rings. The van der Waals surface area contributed by atoms with Crippen LogP contribution in [-0.2, 0) is 18.9 Å². The SMILES string of the molecule is O=C(NCc1n[nH]c(=S)n1C1CC1)c1cc(C(F)(F)F)cc(C(F)(F)F)c1. The molecule has 0 saturated heterocycles. The molecule has 5 nitrogen and oxygen atoms in total. The van der Waals surface area contributed by atoms with Crippen LogP contribution in [0.4, 0.5) is 26.3 Å². The molecular weight excluding hydrogens is 398 g/mol. The van der Waals surface area contributed by atoms with Crippen molar-refractivity contribution in [1.29, 1.82) is 0 Å². The summed E-state index contributed by atoms with van der Waals surface area (Å²) in [5.41, 5.74) is -3.85. The van der Waals surface area contributed by atoms with E-state index in [-0.39, 0.29) is 18.7 Å². The number of nitrogens with one attached hydrogen (secondary N) is 2. The van der Waals surface area contributed by atoms with Gasteiger partial charge in [-0.15, -0.1) is 0 Å². The zero-order chi connectivity index (χ0) is 20.0. The molecule has 1 aromatic carbocycles. The second-order valence-corrected chi connectivity index (χ2v) is 6.41. The van der Waals surface area contributed by atoms with Gasteiger partial charge in [0.25, 0.3) is 5.91 Å². The molecule has 0 aliphatic heterocycles. The third-order valence-electron chi connectivity index (χ3n) is 3.95. The number of carbonyl (C=O) groups is 1. The molecule has 27 heavy (non-hydrogen) atoms. The zero-order valence-corrected chi connectivity index (χ0v) is 14.2. The second kappa shape index (κ2) is 6.66. The lowest BCUT2D eigenvalue weighted by atomic mass is 10.0. The maximum atomic E-state index is 12.9. The minimum Gasteiger partial charge on any atom is -0.345 e. The summed E-state index contributed by atoms with van der Waals surface area (Å²) < 4.78 is 79.2. The fraction of sp³-hybridized carbons (Fsp3) is 0.400. The Morgan fingerprint density at radius 3 is 2.19 bits per heavy atom. The van der Waals surface area contributed by atoms with Gasteiger partial charge in [0, 0.05) is 11.6 Å². The average molecular weight is 410 g/mol. The first kappa shape index (κ1) is 19.4. The molecule has 1 fully saturated rings. The first-order chi connectivity index (χ1) is 12.5. The number of aromatic amines is 1. The van der Waals surface area contributed by atoms with Crippen molar-refractivity contribution < 1.29 is 31.1 Å². The van der Waals surface area contributed by atoms with Crippen molar-refractivity contribution in [2.24, 2.45) is 0 Å². The van der Waals surface area contributed by atoms with Gasteiger partial charge >= 0.3 is 12.4 Å². The molecule has 146 valence electrons. The van der Waals surface area contributed by atoms with E-state index in [2.05, 4.69) is 15.5 Å². The minimum absolute atomic E-state index is 0.0327. The summed E-state index contributed by atoms with van der Waals surface area (Å²) in [4.78, 5) is 12.2. The molecule has 1 amide bonds. The Hall–Kier alpha value is -2.37. The lowest BCUT2D eigenvalue weighted by Gasteiger charge is -2.14. The Kier molecular flexibility index (Phi) is 4.78. The lowest BCUT2D eigenvalue weighted by Crippen LogP contribution is -2.26. The number of amides is 1. The molecule has 2 N–H and O–H groups in total. The first-order valence-corrected chi connectivity index (χ1v) is 8.11. The van der Waals surface area contributed by atoms with Gasteiger partial charge in [-0.2, -0.15) is 31.4 Å². The van der Waals surface area contributed by atoms with Gasteiger partial charge in [-0.05, 0) is 43.3 Å². The third-order valence-corrected chi connectivity index (χ3v) is 4.23. The summed E-state index contributed by atoms with van der Waals surface area (Å²) in [5.74, 6) is -0.735. The van der Waals surface area contributed by atoms with E-state index in [4.69, 9.17) is 12.2 Å². The fourth-order valence-corrected chi connectivity index (χ4v) is 2.82. The maximum absolute atomic E-state index is 12.9. The Balaban J connectivity index is 1.85. The number of carbonyl (C=O) groups excluding carboxylic acids is 1. The molecule has 0 atom stereocenters. The van der Waals surface area contributed by atoms with Gasteiger partial charge in [0.2, 0.25) is 0 Å². The van der Waals surface area contributed by atoms with E-state index >= 15 is 0 Å². The van der Waals surface area contributed by atoms with Crippen molar-refractivity contribution in [3.05, 3.63) is 45.5 Å². The Labute approximate surface area is 153 Å². The summed E-state index contributed by atoms with van der Waals surface area (Å²) in [6.45, 7) is -0.194. The molecule has 1 aromatic heterocycles. The highest BCUT2D eigenvalue weighted by Gasteiger charge is 2.37. The number of rotatable bonds is 4. The minimum atomic E-state index is -5.02. The van der Waals surface area contributed by atoms with Crippen LogP contribution in [0.25, 0.3) is 0 Å². The number of benzene rings is 1. The Morgan fingerprint density at radius 2 is 1.70 bits per heavy atom. The summed E-state index contributed by atoms with van der Waals surface area (Å²) in [5, 5.41) is 8.76. The molecule has 2 aromatic rings. The average Bonchev–Trinajstić information content (AvgIpc) is 3.33. The third kappa shape index (κ3) is 4.31. The quantitative estimate of drug-likeness (QED) is 0.586. The van der Waals surface area contributed by atoms with Crippen LogP contribution in [0.5, 0.6) is 0 Å². The Bertz CT molecular complexity index is 893. The first-order valence-electron chi connectivity index (χ1n) is 7.70. The summed E-state index contributed by atoms with van der Waals surface area (Å²) >= 11 is 5.06. The van der Waals surface area contributed by atoms with Crippen molar-refractivity contribution in [3.8, 4) is 0 Å². The van der Waals surface area contributed by atoms with E-state index in [0.717, 1.165) is 12.8 Å².